The Kier molecular flexibility index (Phi) is 6.19. The molecule has 0 saturated carbocycles. The zero-order valence-electron chi connectivity index (χ0n) is 11.8. The summed E-state index contributed by atoms with van der Waals surface area (Å²) >= 11 is 13.0. The number of hydrogen-bond donors (Lipinski definition) is 2. The van der Waals surface area contributed by atoms with Crippen molar-refractivity contribution in [3.8, 4) is 0 Å². The Bertz CT molecular complexity index is 725. The molecule has 1 heterocycles. The van der Waals surface area contributed by atoms with Crippen LogP contribution in [0.25, 0.3) is 0 Å². The van der Waals surface area contributed by atoms with E-state index in [0.29, 0.717) is 21.4 Å². The molecule has 6 nitrogen and oxygen atoms in total. The molecule has 2 rings (SSSR count). The van der Waals surface area contributed by atoms with Crippen molar-refractivity contribution in [2.45, 2.75) is 17.4 Å². The molecule has 1 aliphatic heterocycles. The van der Waals surface area contributed by atoms with E-state index >= 15 is 0 Å². The number of rotatable bonds is 4. The first kappa shape index (κ1) is 18.4. The molecule has 0 spiro atoms. The second-order valence-electron chi connectivity index (χ2n) is 4.99. The number of amides is 3. The molecule has 0 bridgehead atoms. The summed E-state index contributed by atoms with van der Waals surface area (Å²) in [7, 11) is -3.08. The number of carbonyl (C=O) groups excluding carboxylic acids is 2. The third kappa shape index (κ3) is 5.87. The topological polar surface area (TPSA) is 92.3 Å². The Labute approximate surface area is 148 Å². The standard InChI is InChI=1S/C13H14Cl2N2O4S2/c14-8-1-2-10(15)11(5-8)22-6-12(18)17-13(19)16-9-3-4-23(20,21)7-9/h1-2,5,9H,3-4,6-7H2,(H2,16,17,18,19). The zero-order valence-corrected chi connectivity index (χ0v) is 15.0. The molecule has 0 aromatic heterocycles. The van der Waals surface area contributed by atoms with Crippen LogP contribution in [0.4, 0.5) is 4.79 Å². The molecule has 23 heavy (non-hydrogen) atoms. The summed E-state index contributed by atoms with van der Waals surface area (Å²) in [5, 5.41) is 5.60. The number of nitrogens with one attached hydrogen (secondary N) is 2. The molecule has 0 radical (unpaired) electrons. The van der Waals surface area contributed by atoms with Crippen molar-refractivity contribution in [1.29, 1.82) is 0 Å². The lowest BCUT2D eigenvalue weighted by molar-refractivity contribution is -0.117. The molecule has 1 atom stereocenters. The Hall–Kier alpha value is -0.960. The quantitative estimate of drug-likeness (QED) is 0.760. The number of carbonyl (C=O) groups is 2. The van der Waals surface area contributed by atoms with Gasteiger partial charge in [-0.15, -0.1) is 11.8 Å². The van der Waals surface area contributed by atoms with Crippen LogP contribution in [-0.2, 0) is 14.6 Å². The van der Waals surface area contributed by atoms with E-state index in [0.717, 1.165) is 11.8 Å². The van der Waals surface area contributed by atoms with Gasteiger partial charge in [-0.3, -0.25) is 10.1 Å². The second-order valence-corrected chi connectivity index (χ2v) is 9.07. The maximum atomic E-state index is 11.7. The first-order valence-electron chi connectivity index (χ1n) is 6.64. The van der Waals surface area contributed by atoms with E-state index in [9.17, 15) is 18.0 Å². The minimum atomic E-state index is -3.08. The predicted octanol–water partition coefficient (Wildman–Crippen LogP) is 2.10. The highest BCUT2D eigenvalue weighted by Gasteiger charge is 2.29. The molecule has 126 valence electrons. The normalized spacial score (nSPS) is 19.3. The smallest absolute Gasteiger partial charge is 0.321 e. The Balaban J connectivity index is 1.78. The Morgan fingerprint density at radius 2 is 2.04 bits per heavy atom. The maximum absolute atomic E-state index is 11.7. The summed E-state index contributed by atoms with van der Waals surface area (Å²) in [5.74, 6) is -0.572. The largest absolute Gasteiger partial charge is 0.334 e. The van der Waals surface area contributed by atoms with Gasteiger partial charge in [0.25, 0.3) is 0 Å². The van der Waals surface area contributed by atoms with Crippen LogP contribution in [0, 0.1) is 0 Å². The van der Waals surface area contributed by atoms with Gasteiger partial charge in [-0.2, -0.15) is 0 Å². The minimum absolute atomic E-state index is 0.0174. The van der Waals surface area contributed by atoms with Gasteiger partial charge in [-0.25, -0.2) is 13.2 Å². The zero-order chi connectivity index (χ0) is 17.0. The van der Waals surface area contributed by atoms with Gasteiger partial charge in [-0.1, -0.05) is 23.2 Å². The molecular weight excluding hydrogens is 383 g/mol. The van der Waals surface area contributed by atoms with Crippen molar-refractivity contribution in [2.24, 2.45) is 0 Å². The number of hydrogen-bond acceptors (Lipinski definition) is 5. The maximum Gasteiger partial charge on any atom is 0.321 e. The molecule has 1 aromatic carbocycles. The first-order valence-corrected chi connectivity index (χ1v) is 10.2. The van der Waals surface area contributed by atoms with E-state index in [1.54, 1.807) is 18.2 Å². The van der Waals surface area contributed by atoms with Crippen LogP contribution in [0.15, 0.2) is 23.1 Å². The SMILES string of the molecule is O=C(CSc1cc(Cl)ccc1Cl)NC(=O)NC1CCS(=O)(=O)C1. The Morgan fingerprint density at radius 1 is 1.30 bits per heavy atom. The van der Waals surface area contributed by atoms with Crippen molar-refractivity contribution < 1.29 is 18.0 Å². The third-order valence-corrected chi connectivity index (χ3v) is 6.57. The first-order chi connectivity index (χ1) is 10.7. The fraction of sp³-hybridized carbons (Fsp3) is 0.385. The predicted molar refractivity (Wildman–Crippen MR) is 90.9 cm³/mol. The van der Waals surface area contributed by atoms with Gasteiger partial charge >= 0.3 is 6.03 Å². The lowest BCUT2D eigenvalue weighted by atomic mass is 10.3. The van der Waals surface area contributed by atoms with Crippen LogP contribution in [0.1, 0.15) is 6.42 Å². The Morgan fingerprint density at radius 3 is 2.70 bits per heavy atom. The van der Waals surface area contributed by atoms with Gasteiger partial charge in [0.15, 0.2) is 9.84 Å². The van der Waals surface area contributed by atoms with E-state index < -0.39 is 27.8 Å². The van der Waals surface area contributed by atoms with Crippen molar-refractivity contribution in [3.63, 3.8) is 0 Å². The minimum Gasteiger partial charge on any atom is -0.334 e. The van der Waals surface area contributed by atoms with Crippen LogP contribution in [-0.4, -0.2) is 43.7 Å². The second kappa shape index (κ2) is 7.74. The van der Waals surface area contributed by atoms with Crippen molar-refractivity contribution in [2.75, 3.05) is 17.3 Å². The fourth-order valence-electron chi connectivity index (χ4n) is 2.02. The van der Waals surface area contributed by atoms with Gasteiger partial charge in [0, 0.05) is 16.0 Å². The lowest BCUT2D eigenvalue weighted by Gasteiger charge is -2.11. The molecule has 1 aliphatic rings. The monoisotopic (exact) mass is 396 g/mol. The van der Waals surface area contributed by atoms with Crippen LogP contribution < -0.4 is 10.6 Å². The number of urea groups is 1. The van der Waals surface area contributed by atoms with E-state index in [4.69, 9.17) is 23.2 Å². The summed E-state index contributed by atoms with van der Waals surface area (Å²) in [6.45, 7) is 0. The van der Waals surface area contributed by atoms with Crippen LogP contribution in [0.2, 0.25) is 10.0 Å². The highest BCUT2D eigenvalue weighted by Crippen LogP contribution is 2.29. The fourth-order valence-corrected chi connectivity index (χ4v) is 4.99. The van der Waals surface area contributed by atoms with Crippen molar-refractivity contribution >= 4 is 56.7 Å². The van der Waals surface area contributed by atoms with Crippen molar-refractivity contribution in [1.82, 2.24) is 10.6 Å². The molecule has 2 N–H and O–H groups in total. The summed E-state index contributed by atoms with van der Waals surface area (Å²) in [6, 6.07) is 3.73. The molecule has 0 aliphatic carbocycles. The van der Waals surface area contributed by atoms with Gasteiger partial charge in [0.1, 0.15) is 0 Å². The van der Waals surface area contributed by atoms with Gasteiger partial charge in [-0.05, 0) is 24.6 Å². The van der Waals surface area contributed by atoms with Crippen LogP contribution in [0.3, 0.4) is 0 Å². The van der Waals surface area contributed by atoms with E-state index in [-0.39, 0.29) is 17.3 Å². The summed E-state index contributed by atoms with van der Waals surface area (Å²) in [6.07, 6.45) is 0.358. The van der Waals surface area contributed by atoms with Crippen LogP contribution >= 0.6 is 35.0 Å². The lowest BCUT2D eigenvalue weighted by Crippen LogP contribution is -2.45. The molecule has 3 amide bonds. The van der Waals surface area contributed by atoms with Gasteiger partial charge in [0.05, 0.1) is 22.3 Å². The summed E-state index contributed by atoms with van der Waals surface area (Å²) in [4.78, 5) is 24.0. The molecular formula is C13H14Cl2N2O4S2. The van der Waals surface area contributed by atoms with E-state index in [2.05, 4.69) is 10.6 Å². The third-order valence-electron chi connectivity index (χ3n) is 3.07. The van der Waals surface area contributed by atoms with E-state index in [1.165, 1.54) is 0 Å². The molecule has 10 heteroatoms. The number of halogens is 2. The van der Waals surface area contributed by atoms with E-state index in [1.807, 2.05) is 0 Å². The summed E-state index contributed by atoms with van der Waals surface area (Å²) in [5.41, 5.74) is 0. The number of imide groups is 1. The van der Waals surface area contributed by atoms with Gasteiger partial charge in [0.2, 0.25) is 5.91 Å². The van der Waals surface area contributed by atoms with Crippen LogP contribution in [0.5, 0.6) is 0 Å². The van der Waals surface area contributed by atoms with Gasteiger partial charge < -0.3 is 5.32 Å². The number of sulfone groups is 1. The summed E-state index contributed by atoms with van der Waals surface area (Å²) < 4.78 is 22.6. The highest BCUT2D eigenvalue weighted by atomic mass is 35.5. The number of benzene rings is 1. The molecule has 1 saturated heterocycles. The molecule has 1 fully saturated rings. The average molecular weight is 397 g/mol. The highest BCUT2D eigenvalue weighted by molar-refractivity contribution is 8.00. The molecule has 1 aromatic rings. The number of thioether (sulfide) groups is 1. The van der Waals surface area contributed by atoms with Crippen molar-refractivity contribution in [3.05, 3.63) is 28.2 Å². The molecule has 1 unspecified atom stereocenters. The average Bonchev–Trinajstić information content (AvgIpc) is 2.78.